The van der Waals surface area contributed by atoms with Crippen molar-refractivity contribution in [2.24, 2.45) is 0 Å². The van der Waals surface area contributed by atoms with Crippen LogP contribution < -0.4 is 9.47 Å². The zero-order chi connectivity index (χ0) is 23.5. The summed E-state index contributed by atoms with van der Waals surface area (Å²) >= 11 is 0. The molecule has 2 aromatic heterocycles. The van der Waals surface area contributed by atoms with E-state index in [1.165, 1.54) is 0 Å². The summed E-state index contributed by atoms with van der Waals surface area (Å²) in [6, 6.07) is 32.0. The quantitative estimate of drug-likeness (QED) is 0.234. The van der Waals surface area contributed by atoms with Crippen molar-refractivity contribution in [3.8, 4) is 22.9 Å². The second kappa shape index (κ2) is 10.3. The van der Waals surface area contributed by atoms with E-state index in [1.54, 1.807) is 14.2 Å². The standard InChI is InChI=1S/C28H24N4O2.Pt/c1-28(21-9-5-4-6-10-21,26-15-17-31(29-26)22-11-7-13-24(19-22)33-2)27-16-18-32(30-27)23-12-8-14-25(20-23)34-3;/h4-10,13-20H,1-3H3;/q-2;+2. The van der Waals surface area contributed by atoms with Gasteiger partial charge in [-0.1, -0.05) is 30.3 Å². The van der Waals surface area contributed by atoms with E-state index >= 15 is 0 Å². The van der Waals surface area contributed by atoms with Gasteiger partial charge in [0.25, 0.3) is 0 Å². The van der Waals surface area contributed by atoms with Gasteiger partial charge in [0.1, 0.15) is 0 Å². The zero-order valence-electron chi connectivity index (χ0n) is 19.6. The van der Waals surface area contributed by atoms with E-state index in [0.29, 0.717) is 0 Å². The maximum Gasteiger partial charge on any atom is 2.00 e. The molecule has 178 valence electrons. The largest absolute Gasteiger partial charge is 2.00 e. The Kier molecular flexibility index (Phi) is 7.22. The minimum absolute atomic E-state index is 0. The van der Waals surface area contributed by atoms with Crippen molar-refractivity contribution in [2.45, 2.75) is 12.3 Å². The molecule has 0 aliphatic carbocycles. The third-order valence-electron chi connectivity index (χ3n) is 6.03. The van der Waals surface area contributed by atoms with E-state index in [0.717, 1.165) is 39.8 Å². The molecule has 2 heterocycles. The van der Waals surface area contributed by atoms with Crippen LogP contribution in [0.4, 0.5) is 0 Å². The average Bonchev–Trinajstić information content (AvgIpc) is 3.60. The van der Waals surface area contributed by atoms with Crippen LogP contribution in [0.15, 0.2) is 91.3 Å². The first-order valence-electron chi connectivity index (χ1n) is 10.9. The molecule has 0 atom stereocenters. The number of hydrogen-bond donors (Lipinski definition) is 0. The third-order valence-corrected chi connectivity index (χ3v) is 6.03. The van der Waals surface area contributed by atoms with Crippen LogP contribution in [0.3, 0.4) is 0 Å². The number of methoxy groups -OCH3 is 2. The molecule has 6 nitrogen and oxygen atoms in total. The fourth-order valence-electron chi connectivity index (χ4n) is 4.03. The van der Waals surface area contributed by atoms with Crippen LogP contribution in [0.5, 0.6) is 11.5 Å². The van der Waals surface area contributed by atoms with Gasteiger partial charge in [0.05, 0.1) is 31.0 Å². The summed E-state index contributed by atoms with van der Waals surface area (Å²) in [5, 5.41) is 9.89. The van der Waals surface area contributed by atoms with Crippen molar-refractivity contribution in [3.63, 3.8) is 0 Å². The molecule has 0 saturated carbocycles. The molecule has 0 radical (unpaired) electrons. The Hall–Kier alpha value is -3.63. The van der Waals surface area contributed by atoms with Gasteiger partial charge in [-0.05, 0) is 36.0 Å². The molecule has 0 amide bonds. The SMILES string of the molecule is COc1cc[c-]c(-n2ccc(C(C)(c3ccccc3)c3ccn(-c4[c-]ccc(OC)c4)n3)n2)c1.[Pt+2]. The second-order valence-corrected chi connectivity index (χ2v) is 8.01. The van der Waals surface area contributed by atoms with E-state index in [2.05, 4.69) is 31.2 Å². The minimum atomic E-state index is -0.588. The number of benzene rings is 3. The molecular formula is C28H24N4O2Pt. The molecule has 3 aromatic carbocycles. The van der Waals surface area contributed by atoms with Gasteiger partial charge in [0.2, 0.25) is 0 Å². The van der Waals surface area contributed by atoms with Crippen molar-refractivity contribution in [1.82, 2.24) is 19.6 Å². The minimum Gasteiger partial charge on any atom is -0.522 e. The first-order chi connectivity index (χ1) is 16.6. The number of nitrogens with zero attached hydrogens (tertiary/aromatic N) is 4. The van der Waals surface area contributed by atoms with E-state index in [9.17, 15) is 0 Å². The predicted octanol–water partition coefficient (Wildman–Crippen LogP) is 5.03. The first kappa shape index (κ1) is 24.5. The summed E-state index contributed by atoms with van der Waals surface area (Å²) in [4.78, 5) is 0. The zero-order valence-corrected chi connectivity index (χ0v) is 21.9. The Morgan fingerprint density at radius 2 is 1.20 bits per heavy atom. The van der Waals surface area contributed by atoms with Gasteiger partial charge < -0.3 is 9.47 Å². The maximum absolute atomic E-state index is 5.36. The topological polar surface area (TPSA) is 54.1 Å². The molecule has 0 saturated heterocycles. The number of aromatic nitrogens is 4. The molecule has 0 spiro atoms. The molecule has 0 N–H and O–H groups in total. The van der Waals surface area contributed by atoms with Gasteiger partial charge >= 0.3 is 21.1 Å². The van der Waals surface area contributed by atoms with Crippen molar-refractivity contribution in [2.75, 3.05) is 14.2 Å². The summed E-state index contributed by atoms with van der Waals surface area (Å²) < 4.78 is 14.4. The van der Waals surface area contributed by atoms with Crippen molar-refractivity contribution >= 4 is 0 Å². The average molecular weight is 644 g/mol. The Morgan fingerprint density at radius 3 is 1.66 bits per heavy atom. The van der Waals surface area contributed by atoms with Crippen LogP contribution >= 0.6 is 0 Å². The van der Waals surface area contributed by atoms with Crippen LogP contribution in [0, 0.1) is 12.1 Å². The third kappa shape index (κ3) is 4.67. The Bertz CT molecular complexity index is 1330. The Balaban J connectivity index is 0.00000289. The van der Waals surface area contributed by atoms with Crippen LogP contribution in [0.1, 0.15) is 23.9 Å². The summed E-state index contributed by atoms with van der Waals surface area (Å²) in [6.45, 7) is 2.15. The molecule has 0 fully saturated rings. The fourth-order valence-corrected chi connectivity index (χ4v) is 4.03. The van der Waals surface area contributed by atoms with E-state index in [1.807, 2.05) is 88.5 Å². The maximum atomic E-state index is 5.36. The Morgan fingerprint density at radius 1 is 0.714 bits per heavy atom. The van der Waals surface area contributed by atoms with Gasteiger partial charge in [-0.3, -0.25) is 9.36 Å². The van der Waals surface area contributed by atoms with E-state index < -0.39 is 5.41 Å². The summed E-state index contributed by atoms with van der Waals surface area (Å²) in [5.74, 6) is 1.51. The molecule has 5 aromatic rings. The van der Waals surface area contributed by atoms with Crippen LogP contribution in [-0.2, 0) is 26.5 Å². The van der Waals surface area contributed by atoms with Gasteiger partial charge in [-0.15, -0.1) is 24.3 Å². The summed E-state index contributed by atoms with van der Waals surface area (Å²) in [6.07, 6.45) is 3.88. The van der Waals surface area contributed by atoms with Gasteiger partial charge in [0.15, 0.2) is 0 Å². The summed E-state index contributed by atoms with van der Waals surface area (Å²) in [7, 11) is 3.30. The first-order valence-corrected chi connectivity index (χ1v) is 10.9. The van der Waals surface area contributed by atoms with Crippen LogP contribution in [0.2, 0.25) is 0 Å². The Labute approximate surface area is 219 Å². The van der Waals surface area contributed by atoms with Gasteiger partial charge in [-0.25, -0.2) is 0 Å². The molecule has 5 rings (SSSR count). The molecule has 35 heavy (non-hydrogen) atoms. The van der Waals surface area contributed by atoms with Crippen LogP contribution in [-0.4, -0.2) is 33.8 Å². The van der Waals surface area contributed by atoms with Crippen molar-refractivity contribution in [1.29, 1.82) is 0 Å². The molecule has 0 unspecified atom stereocenters. The van der Waals surface area contributed by atoms with Crippen molar-refractivity contribution in [3.05, 3.63) is 120 Å². The normalized spacial score (nSPS) is 11.1. The predicted molar refractivity (Wildman–Crippen MR) is 130 cm³/mol. The van der Waals surface area contributed by atoms with E-state index in [4.69, 9.17) is 19.7 Å². The van der Waals surface area contributed by atoms with Crippen molar-refractivity contribution < 1.29 is 30.5 Å². The molecule has 0 aliphatic rings. The smallest absolute Gasteiger partial charge is 0.522 e. The molecule has 0 aliphatic heterocycles. The van der Waals surface area contributed by atoms with Gasteiger partial charge in [0, 0.05) is 23.9 Å². The fraction of sp³-hybridized carbons (Fsp3) is 0.143. The molecule has 7 heteroatoms. The molecule has 0 bridgehead atoms. The summed E-state index contributed by atoms with van der Waals surface area (Å²) in [5.41, 5.74) is 3.85. The molecular weight excluding hydrogens is 619 g/mol. The monoisotopic (exact) mass is 643 g/mol. The van der Waals surface area contributed by atoms with Gasteiger partial charge in [-0.2, -0.15) is 34.5 Å². The van der Waals surface area contributed by atoms with Crippen LogP contribution in [0.25, 0.3) is 11.4 Å². The second-order valence-electron chi connectivity index (χ2n) is 8.01. The number of rotatable bonds is 7. The number of hydrogen-bond acceptors (Lipinski definition) is 4. The number of ether oxygens (including phenoxy) is 2. The van der Waals surface area contributed by atoms with E-state index in [-0.39, 0.29) is 21.1 Å².